The van der Waals surface area contributed by atoms with E-state index in [1.807, 2.05) is 91.0 Å². The molecular formula is C46H51ClF2O. The molecule has 5 aromatic rings. The van der Waals surface area contributed by atoms with Crippen LogP contribution in [0.15, 0.2) is 103 Å². The van der Waals surface area contributed by atoms with Gasteiger partial charge in [-0.2, -0.15) is 0 Å². The molecule has 0 fully saturated rings. The summed E-state index contributed by atoms with van der Waals surface area (Å²) in [5.41, 5.74) is 6.90. The lowest BCUT2D eigenvalue weighted by Crippen LogP contribution is -2.11. The van der Waals surface area contributed by atoms with Crippen LogP contribution in [0.5, 0.6) is 5.75 Å². The van der Waals surface area contributed by atoms with Crippen LogP contribution in [0.4, 0.5) is 8.78 Å². The van der Waals surface area contributed by atoms with Crippen LogP contribution < -0.4 is 4.74 Å². The van der Waals surface area contributed by atoms with Crippen molar-refractivity contribution in [2.45, 2.75) is 104 Å². The maximum Gasteiger partial charge on any atom is 0.167 e. The van der Waals surface area contributed by atoms with Gasteiger partial charge in [0.1, 0.15) is 5.75 Å². The van der Waals surface area contributed by atoms with E-state index in [9.17, 15) is 0 Å². The van der Waals surface area contributed by atoms with Gasteiger partial charge in [-0.1, -0.05) is 162 Å². The third-order valence-corrected chi connectivity index (χ3v) is 9.94. The molecule has 5 rings (SSSR count). The summed E-state index contributed by atoms with van der Waals surface area (Å²) >= 11 is 6.78. The van der Waals surface area contributed by atoms with Crippen molar-refractivity contribution >= 4 is 11.6 Å². The first-order chi connectivity index (χ1) is 24.4. The van der Waals surface area contributed by atoms with Gasteiger partial charge in [0.05, 0.1) is 6.10 Å². The zero-order valence-electron chi connectivity index (χ0n) is 29.9. The van der Waals surface area contributed by atoms with Crippen LogP contribution in [0.1, 0.15) is 97.0 Å². The number of benzene rings is 5. The van der Waals surface area contributed by atoms with E-state index in [4.69, 9.17) is 16.3 Å². The fraction of sp³-hybridized carbons (Fsp3) is 0.348. The van der Waals surface area contributed by atoms with Crippen LogP contribution in [0.2, 0.25) is 5.02 Å². The Hall–Kier alpha value is -3.95. The number of rotatable bonds is 18. The van der Waals surface area contributed by atoms with Gasteiger partial charge in [0, 0.05) is 21.7 Å². The predicted molar refractivity (Wildman–Crippen MR) is 209 cm³/mol. The first-order valence-electron chi connectivity index (χ1n) is 18.6. The average Bonchev–Trinajstić information content (AvgIpc) is 3.13. The van der Waals surface area contributed by atoms with E-state index in [1.165, 1.54) is 63.4 Å². The van der Waals surface area contributed by atoms with Crippen molar-refractivity contribution in [3.05, 3.63) is 125 Å². The minimum Gasteiger partial charge on any atom is -0.491 e. The van der Waals surface area contributed by atoms with Gasteiger partial charge in [-0.05, 0) is 84.2 Å². The summed E-state index contributed by atoms with van der Waals surface area (Å²) in [5, 5.41) is 0.642. The van der Waals surface area contributed by atoms with Crippen molar-refractivity contribution in [1.82, 2.24) is 0 Å². The first kappa shape index (κ1) is 37.3. The van der Waals surface area contributed by atoms with Gasteiger partial charge in [-0.25, -0.2) is 8.78 Å². The number of hydrogen-bond donors (Lipinski definition) is 0. The van der Waals surface area contributed by atoms with E-state index >= 15 is 8.78 Å². The highest BCUT2D eigenvalue weighted by Gasteiger charge is 2.17. The van der Waals surface area contributed by atoms with E-state index < -0.39 is 11.6 Å². The van der Waals surface area contributed by atoms with Gasteiger partial charge in [-0.15, -0.1) is 0 Å². The number of halogens is 3. The van der Waals surface area contributed by atoms with Gasteiger partial charge in [-0.3, -0.25) is 0 Å². The monoisotopic (exact) mass is 692 g/mol. The minimum atomic E-state index is -0.836. The molecule has 0 saturated heterocycles. The smallest absolute Gasteiger partial charge is 0.167 e. The second kappa shape index (κ2) is 18.9. The zero-order chi connectivity index (χ0) is 35.3. The molecule has 0 amide bonds. The first-order valence-corrected chi connectivity index (χ1v) is 19.0. The average molecular weight is 693 g/mol. The Bertz CT molecular complexity index is 1780. The second-order valence-electron chi connectivity index (χ2n) is 13.6. The lowest BCUT2D eigenvalue weighted by molar-refractivity contribution is 0.206. The Morgan fingerprint density at radius 2 is 0.980 bits per heavy atom. The van der Waals surface area contributed by atoms with Gasteiger partial charge < -0.3 is 4.74 Å². The van der Waals surface area contributed by atoms with Gasteiger partial charge >= 0.3 is 0 Å². The highest BCUT2D eigenvalue weighted by Crippen LogP contribution is 2.36. The molecule has 1 unspecified atom stereocenters. The molecule has 50 heavy (non-hydrogen) atoms. The summed E-state index contributed by atoms with van der Waals surface area (Å²) in [4.78, 5) is 0. The van der Waals surface area contributed by atoms with Crippen molar-refractivity contribution in [2.75, 3.05) is 0 Å². The zero-order valence-corrected chi connectivity index (χ0v) is 30.7. The molecule has 1 nitrogen and oxygen atoms in total. The lowest BCUT2D eigenvalue weighted by Gasteiger charge is -2.15. The van der Waals surface area contributed by atoms with Crippen molar-refractivity contribution < 1.29 is 13.5 Å². The normalized spacial score (nSPS) is 11.9. The highest BCUT2D eigenvalue weighted by atomic mass is 35.5. The van der Waals surface area contributed by atoms with Crippen LogP contribution in [-0.4, -0.2) is 6.10 Å². The topological polar surface area (TPSA) is 9.23 Å². The van der Waals surface area contributed by atoms with Crippen LogP contribution in [-0.2, 0) is 6.42 Å². The Morgan fingerprint density at radius 1 is 0.520 bits per heavy atom. The molecule has 0 bridgehead atoms. The Balaban J connectivity index is 1.21. The fourth-order valence-corrected chi connectivity index (χ4v) is 6.88. The van der Waals surface area contributed by atoms with Crippen LogP contribution in [0.25, 0.3) is 44.5 Å². The van der Waals surface area contributed by atoms with Crippen LogP contribution >= 0.6 is 11.6 Å². The van der Waals surface area contributed by atoms with Crippen molar-refractivity contribution in [2.24, 2.45) is 0 Å². The minimum absolute atomic E-state index is 0.184. The lowest BCUT2D eigenvalue weighted by atomic mass is 9.95. The third-order valence-electron chi connectivity index (χ3n) is 9.63. The summed E-state index contributed by atoms with van der Waals surface area (Å²) in [6.07, 6.45) is 14.7. The molecule has 0 N–H and O–H groups in total. The molecule has 4 heteroatoms. The Labute approximate surface area is 303 Å². The largest absolute Gasteiger partial charge is 0.491 e. The molecule has 0 saturated carbocycles. The number of aryl methyl sites for hydroxylation is 1. The number of hydrogen-bond acceptors (Lipinski definition) is 1. The van der Waals surface area contributed by atoms with Gasteiger partial charge in [0.25, 0.3) is 0 Å². The second-order valence-corrected chi connectivity index (χ2v) is 14.0. The summed E-state index contributed by atoms with van der Waals surface area (Å²) in [5.74, 6) is -0.797. The van der Waals surface area contributed by atoms with Crippen LogP contribution in [0.3, 0.4) is 0 Å². The predicted octanol–water partition coefficient (Wildman–Crippen LogP) is 14.9. The molecule has 5 aromatic carbocycles. The Kier molecular flexibility index (Phi) is 14.1. The highest BCUT2D eigenvalue weighted by molar-refractivity contribution is 6.33. The third kappa shape index (κ3) is 10.1. The summed E-state index contributed by atoms with van der Waals surface area (Å²) in [6, 6.07) is 32.8. The SMILES string of the molecule is CCCCCCCCc1ccc(-c2ccc(-c3ccc(-c4ccc(-c5ccc(OC(C)CCCCCC)cc5)c(Cl)c4)cc3)c(F)c2F)cc1. The molecule has 0 heterocycles. The van der Waals surface area contributed by atoms with Gasteiger partial charge in [0.15, 0.2) is 11.6 Å². The molecule has 0 spiro atoms. The molecular weight excluding hydrogens is 642 g/mol. The summed E-state index contributed by atoms with van der Waals surface area (Å²) in [6.45, 7) is 6.58. The summed E-state index contributed by atoms with van der Waals surface area (Å²) in [7, 11) is 0. The maximum atomic E-state index is 15.5. The standard InChI is InChI=1S/C46H51ClF2O/c1-4-6-8-10-11-13-15-34-16-18-37(19-17-34)42-30-31-43(46(49)45(42)48)38-22-20-35(21-23-38)39-26-29-41(44(47)32-39)36-24-27-40(28-25-36)50-33(3)14-12-9-7-5-2/h16-33H,4-15H2,1-3H3. The summed E-state index contributed by atoms with van der Waals surface area (Å²) < 4.78 is 37.0. The molecule has 0 radical (unpaired) electrons. The molecule has 262 valence electrons. The van der Waals surface area contributed by atoms with Crippen molar-refractivity contribution in [3.63, 3.8) is 0 Å². The molecule has 0 aliphatic heterocycles. The number of ether oxygens (including phenoxy) is 1. The van der Waals surface area contributed by atoms with Crippen LogP contribution in [0, 0.1) is 11.6 Å². The molecule has 0 aliphatic carbocycles. The van der Waals surface area contributed by atoms with Gasteiger partial charge in [0.2, 0.25) is 0 Å². The fourth-order valence-electron chi connectivity index (χ4n) is 6.59. The van der Waals surface area contributed by atoms with E-state index in [0.29, 0.717) is 16.1 Å². The maximum absolute atomic E-state index is 15.5. The molecule has 0 aliphatic rings. The van der Waals surface area contributed by atoms with E-state index in [0.717, 1.165) is 47.3 Å². The quantitative estimate of drug-likeness (QED) is 0.0831. The molecule has 0 aromatic heterocycles. The van der Waals surface area contributed by atoms with Crippen molar-refractivity contribution in [1.29, 1.82) is 0 Å². The van der Waals surface area contributed by atoms with Crippen molar-refractivity contribution in [3.8, 4) is 50.3 Å². The van der Waals surface area contributed by atoms with E-state index in [2.05, 4.69) is 20.8 Å². The van der Waals surface area contributed by atoms with E-state index in [1.54, 1.807) is 12.1 Å². The Morgan fingerprint density at radius 3 is 1.58 bits per heavy atom. The number of unbranched alkanes of at least 4 members (excludes halogenated alkanes) is 8. The molecule has 1 atom stereocenters. The van der Waals surface area contributed by atoms with E-state index in [-0.39, 0.29) is 17.2 Å².